The number of carbonyl (C=O) groups excluding carboxylic acids is 1. The van der Waals surface area contributed by atoms with Crippen LogP contribution in [0.4, 0.5) is 30.1 Å². The number of rotatable bonds is 8. The van der Waals surface area contributed by atoms with Crippen LogP contribution < -0.4 is 10.2 Å². The highest BCUT2D eigenvalue weighted by atomic mass is 32.1. The van der Waals surface area contributed by atoms with E-state index in [1.165, 1.54) is 23.8 Å². The van der Waals surface area contributed by atoms with Gasteiger partial charge in [-0.1, -0.05) is 32.1 Å². The molecule has 206 valence electrons. The maximum atomic E-state index is 12.7. The number of nitrogens with one attached hydrogen (secondary N) is 1. The summed E-state index contributed by atoms with van der Waals surface area (Å²) in [6.07, 6.45) is 5.05. The topological polar surface area (TPSA) is 118 Å². The molecule has 0 amide bonds. The Labute approximate surface area is 221 Å². The Bertz CT molecular complexity index is 1170. The number of hydrogen-bond acceptors (Lipinski definition) is 9. The van der Waals surface area contributed by atoms with Gasteiger partial charge in [-0.05, 0) is 37.0 Å². The van der Waals surface area contributed by atoms with Gasteiger partial charge < -0.3 is 20.1 Å². The molecule has 0 radical (unpaired) electrons. The van der Waals surface area contributed by atoms with Gasteiger partial charge in [0, 0.05) is 30.2 Å². The first-order valence-electron chi connectivity index (χ1n) is 13.0. The van der Waals surface area contributed by atoms with Crippen molar-refractivity contribution >= 4 is 40.2 Å². The average molecular weight is 554 g/mol. The van der Waals surface area contributed by atoms with E-state index in [1.54, 1.807) is 11.1 Å². The number of nitrogens with zero attached hydrogens (tertiary/aromatic N) is 4. The zero-order valence-corrected chi connectivity index (χ0v) is 21.6. The SMILES string of the molecule is O=C(O)C1CC(C2CCCCC2)CN(c2nc(COC(=O)C(F)(F)F)cc(Nc3ncc(C4CC4)s3)n2)C1. The Balaban J connectivity index is 1.41. The number of aromatic nitrogens is 3. The van der Waals surface area contributed by atoms with Crippen molar-refractivity contribution in [2.24, 2.45) is 17.8 Å². The summed E-state index contributed by atoms with van der Waals surface area (Å²) in [7, 11) is 0. The van der Waals surface area contributed by atoms with Crippen molar-refractivity contribution in [2.45, 2.75) is 70.1 Å². The summed E-state index contributed by atoms with van der Waals surface area (Å²) in [5.41, 5.74) is 0.0701. The van der Waals surface area contributed by atoms with Gasteiger partial charge in [0.05, 0.1) is 11.6 Å². The number of esters is 1. The van der Waals surface area contributed by atoms with Crippen LogP contribution in [0.15, 0.2) is 12.3 Å². The number of aliphatic carboxylic acids is 1. The third kappa shape index (κ3) is 6.54. The second-order valence-corrected chi connectivity index (χ2v) is 11.5. The van der Waals surface area contributed by atoms with Crippen LogP contribution in [0.25, 0.3) is 0 Å². The van der Waals surface area contributed by atoms with Gasteiger partial charge in [0.1, 0.15) is 12.4 Å². The van der Waals surface area contributed by atoms with E-state index < -0.39 is 30.6 Å². The van der Waals surface area contributed by atoms with Crippen LogP contribution in [0, 0.1) is 17.8 Å². The van der Waals surface area contributed by atoms with Crippen LogP contribution in [-0.2, 0) is 20.9 Å². The Kier molecular flexibility index (Phi) is 7.73. The highest BCUT2D eigenvalue weighted by Crippen LogP contribution is 2.44. The zero-order valence-electron chi connectivity index (χ0n) is 20.7. The summed E-state index contributed by atoms with van der Waals surface area (Å²) in [5.74, 6) is -2.24. The fraction of sp³-hybridized carbons (Fsp3) is 0.640. The van der Waals surface area contributed by atoms with E-state index in [4.69, 9.17) is 0 Å². The molecule has 3 fully saturated rings. The van der Waals surface area contributed by atoms with Gasteiger partial charge in [-0.3, -0.25) is 4.79 Å². The van der Waals surface area contributed by atoms with Crippen molar-refractivity contribution < 1.29 is 32.6 Å². The molecule has 3 aliphatic rings. The maximum absolute atomic E-state index is 12.7. The molecule has 1 saturated heterocycles. The number of alkyl halides is 3. The molecule has 0 bridgehead atoms. The molecule has 2 atom stereocenters. The predicted octanol–water partition coefficient (Wildman–Crippen LogP) is 5.27. The molecule has 0 aromatic carbocycles. The molecule has 3 heterocycles. The number of piperidine rings is 1. The molecule has 2 aromatic rings. The van der Waals surface area contributed by atoms with E-state index in [2.05, 4.69) is 25.0 Å². The van der Waals surface area contributed by atoms with Crippen LogP contribution in [0.5, 0.6) is 0 Å². The minimum absolute atomic E-state index is 0.0701. The standard InChI is InChI=1S/C25H30F3N5O4S/c26-25(27,28)22(36)37-13-18-9-20(32-24-29-10-19(38-24)15-6-7-15)31-23(30-18)33-11-16(8-17(12-33)21(34)35)14-4-2-1-3-5-14/h9-10,14-17H,1-8,11-13H2,(H,34,35)(H,29,30,31,32). The largest absolute Gasteiger partial charge is 0.490 e. The lowest BCUT2D eigenvalue weighted by Gasteiger charge is -2.41. The molecule has 1 aliphatic heterocycles. The normalized spacial score (nSPS) is 22.8. The Morgan fingerprint density at radius 3 is 2.55 bits per heavy atom. The summed E-state index contributed by atoms with van der Waals surface area (Å²) in [6, 6.07) is 1.42. The highest BCUT2D eigenvalue weighted by Gasteiger charge is 2.41. The van der Waals surface area contributed by atoms with Gasteiger partial charge in [0.15, 0.2) is 5.13 Å². The van der Waals surface area contributed by atoms with E-state index in [0.717, 1.165) is 43.4 Å². The smallest absolute Gasteiger partial charge is 0.481 e. The van der Waals surface area contributed by atoms with Crippen molar-refractivity contribution in [3.8, 4) is 0 Å². The molecule has 2 unspecified atom stereocenters. The number of ether oxygens (including phenoxy) is 1. The van der Waals surface area contributed by atoms with Crippen molar-refractivity contribution in [3.63, 3.8) is 0 Å². The third-order valence-corrected chi connectivity index (χ3v) is 8.60. The van der Waals surface area contributed by atoms with E-state index in [-0.39, 0.29) is 29.9 Å². The fourth-order valence-electron chi connectivity index (χ4n) is 5.42. The Hall–Kier alpha value is -2.96. The molecule has 2 N–H and O–H groups in total. The van der Waals surface area contributed by atoms with Crippen LogP contribution in [-0.4, -0.2) is 51.3 Å². The number of carbonyl (C=O) groups is 2. The molecular formula is C25H30F3N5O4S. The highest BCUT2D eigenvalue weighted by molar-refractivity contribution is 7.15. The van der Waals surface area contributed by atoms with Gasteiger partial charge in [0.2, 0.25) is 5.95 Å². The molecule has 2 aliphatic carbocycles. The van der Waals surface area contributed by atoms with Crippen LogP contribution >= 0.6 is 11.3 Å². The lowest BCUT2D eigenvalue weighted by atomic mass is 9.74. The molecule has 13 heteroatoms. The number of halogens is 3. The van der Waals surface area contributed by atoms with E-state index in [9.17, 15) is 27.9 Å². The maximum Gasteiger partial charge on any atom is 0.490 e. The third-order valence-electron chi connectivity index (χ3n) is 7.52. The molecule has 38 heavy (non-hydrogen) atoms. The second kappa shape index (κ2) is 11.0. The number of hydrogen-bond donors (Lipinski definition) is 2. The van der Waals surface area contributed by atoms with Gasteiger partial charge >= 0.3 is 18.1 Å². The minimum atomic E-state index is -5.12. The van der Waals surface area contributed by atoms with Crippen molar-refractivity contribution in [2.75, 3.05) is 23.3 Å². The molecule has 0 spiro atoms. The van der Waals surface area contributed by atoms with Gasteiger partial charge in [0.25, 0.3) is 0 Å². The van der Waals surface area contributed by atoms with Gasteiger partial charge in [-0.15, -0.1) is 11.3 Å². The number of carboxylic acid groups (broad SMARTS) is 1. The Morgan fingerprint density at radius 2 is 1.87 bits per heavy atom. The summed E-state index contributed by atoms with van der Waals surface area (Å²) in [4.78, 5) is 39.6. The summed E-state index contributed by atoms with van der Waals surface area (Å²) in [5, 5.41) is 13.5. The summed E-state index contributed by atoms with van der Waals surface area (Å²) < 4.78 is 42.6. The van der Waals surface area contributed by atoms with Crippen molar-refractivity contribution in [1.29, 1.82) is 0 Å². The molecule has 2 saturated carbocycles. The molecule has 2 aromatic heterocycles. The van der Waals surface area contributed by atoms with E-state index >= 15 is 0 Å². The number of carboxylic acids is 1. The quantitative estimate of drug-likeness (QED) is 0.422. The fourth-order valence-corrected chi connectivity index (χ4v) is 6.41. The van der Waals surface area contributed by atoms with Crippen molar-refractivity contribution in [3.05, 3.63) is 22.8 Å². The molecule has 5 rings (SSSR count). The monoisotopic (exact) mass is 553 g/mol. The molecular weight excluding hydrogens is 523 g/mol. The number of thiazole rings is 1. The van der Waals surface area contributed by atoms with Crippen LogP contribution in [0.1, 0.15) is 67.9 Å². The van der Waals surface area contributed by atoms with Gasteiger partial charge in [-0.25, -0.2) is 14.8 Å². The number of anilines is 3. The van der Waals surface area contributed by atoms with Crippen LogP contribution in [0.2, 0.25) is 0 Å². The first-order chi connectivity index (χ1) is 18.2. The van der Waals surface area contributed by atoms with Crippen LogP contribution in [0.3, 0.4) is 0 Å². The van der Waals surface area contributed by atoms with E-state index in [0.29, 0.717) is 29.9 Å². The summed E-state index contributed by atoms with van der Waals surface area (Å²) in [6.45, 7) is 0.0472. The van der Waals surface area contributed by atoms with Gasteiger partial charge in [-0.2, -0.15) is 18.2 Å². The lowest BCUT2D eigenvalue weighted by molar-refractivity contribution is -0.201. The predicted molar refractivity (Wildman–Crippen MR) is 133 cm³/mol. The first-order valence-corrected chi connectivity index (χ1v) is 13.8. The first kappa shape index (κ1) is 26.6. The summed E-state index contributed by atoms with van der Waals surface area (Å²) >= 11 is 1.48. The molecule has 9 nitrogen and oxygen atoms in total. The second-order valence-electron chi connectivity index (χ2n) is 10.4. The van der Waals surface area contributed by atoms with Crippen molar-refractivity contribution in [1.82, 2.24) is 15.0 Å². The minimum Gasteiger partial charge on any atom is -0.481 e. The Morgan fingerprint density at radius 1 is 1.11 bits per heavy atom. The lowest BCUT2D eigenvalue weighted by Crippen LogP contribution is -2.46. The zero-order chi connectivity index (χ0) is 26.9. The van der Waals surface area contributed by atoms with E-state index in [1.807, 2.05) is 0 Å². The average Bonchev–Trinajstić information content (AvgIpc) is 3.65.